The molecule has 0 aliphatic carbocycles. The van der Waals surface area contributed by atoms with Crippen LogP contribution < -0.4 is 4.74 Å². The standard InChI is InChI=1S/C21H29Cl3O4/c1-2-3-10-13-27-20(25)11-8-6-4-5-7-9-12-21(26)28-19-15-17(23)16(22)14-18(19)24/h14-15H,2-13H2,1H3. The van der Waals surface area contributed by atoms with E-state index in [-0.39, 0.29) is 22.7 Å². The summed E-state index contributed by atoms with van der Waals surface area (Å²) < 4.78 is 10.4. The van der Waals surface area contributed by atoms with E-state index in [1.807, 2.05) is 0 Å². The van der Waals surface area contributed by atoms with Gasteiger partial charge >= 0.3 is 11.9 Å². The molecule has 0 atom stereocenters. The monoisotopic (exact) mass is 450 g/mol. The number of rotatable bonds is 14. The zero-order valence-corrected chi connectivity index (χ0v) is 18.7. The van der Waals surface area contributed by atoms with E-state index < -0.39 is 0 Å². The van der Waals surface area contributed by atoms with Crippen molar-refractivity contribution in [2.75, 3.05) is 6.61 Å². The second kappa shape index (κ2) is 14.9. The number of benzene rings is 1. The van der Waals surface area contributed by atoms with Crippen molar-refractivity contribution in [3.05, 3.63) is 27.2 Å². The summed E-state index contributed by atoms with van der Waals surface area (Å²) in [6.45, 7) is 2.66. The minimum Gasteiger partial charge on any atom is -0.466 e. The Morgan fingerprint density at radius 3 is 1.96 bits per heavy atom. The van der Waals surface area contributed by atoms with Crippen LogP contribution in [0, 0.1) is 0 Å². The van der Waals surface area contributed by atoms with Crippen molar-refractivity contribution in [2.24, 2.45) is 0 Å². The fourth-order valence-electron chi connectivity index (χ4n) is 2.61. The third-order valence-electron chi connectivity index (χ3n) is 4.22. The second-order valence-corrected chi connectivity index (χ2v) is 7.94. The molecule has 1 aromatic carbocycles. The van der Waals surface area contributed by atoms with E-state index in [2.05, 4.69) is 6.92 Å². The highest BCUT2D eigenvalue weighted by Crippen LogP contribution is 2.34. The van der Waals surface area contributed by atoms with Gasteiger partial charge in [0.05, 0.1) is 21.7 Å². The van der Waals surface area contributed by atoms with Crippen molar-refractivity contribution >= 4 is 46.7 Å². The lowest BCUT2D eigenvalue weighted by atomic mass is 10.1. The number of carbonyl (C=O) groups excluding carboxylic acids is 2. The smallest absolute Gasteiger partial charge is 0.311 e. The summed E-state index contributed by atoms with van der Waals surface area (Å²) >= 11 is 17.7. The first-order valence-electron chi connectivity index (χ1n) is 9.95. The molecule has 1 rings (SSSR count). The van der Waals surface area contributed by atoms with Crippen molar-refractivity contribution in [1.29, 1.82) is 0 Å². The first-order valence-corrected chi connectivity index (χ1v) is 11.1. The molecular formula is C21H29Cl3O4. The van der Waals surface area contributed by atoms with Gasteiger partial charge in [0.2, 0.25) is 0 Å². The number of ether oxygens (including phenoxy) is 2. The number of esters is 2. The lowest BCUT2D eigenvalue weighted by Gasteiger charge is -2.08. The third kappa shape index (κ3) is 11.1. The molecule has 0 fully saturated rings. The number of halogens is 3. The molecule has 0 bridgehead atoms. The van der Waals surface area contributed by atoms with Gasteiger partial charge in [0.25, 0.3) is 0 Å². The van der Waals surface area contributed by atoms with Gasteiger partial charge in [-0.1, -0.05) is 80.3 Å². The van der Waals surface area contributed by atoms with Gasteiger partial charge in [-0.3, -0.25) is 9.59 Å². The van der Waals surface area contributed by atoms with Gasteiger partial charge in [-0.15, -0.1) is 0 Å². The Balaban J connectivity index is 2.03. The Bertz CT molecular complexity index is 620. The average Bonchev–Trinajstić information content (AvgIpc) is 2.65. The molecule has 0 N–H and O–H groups in total. The Kier molecular flexibility index (Phi) is 13.4. The molecule has 0 radical (unpaired) electrons. The first kappa shape index (κ1) is 25.1. The molecule has 1 aromatic rings. The predicted molar refractivity (Wildman–Crippen MR) is 115 cm³/mol. The van der Waals surface area contributed by atoms with Crippen LogP contribution in [0.1, 0.15) is 77.6 Å². The average molecular weight is 452 g/mol. The Morgan fingerprint density at radius 2 is 1.32 bits per heavy atom. The highest BCUT2D eigenvalue weighted by molar-refractivity contribution is 6.43. The SMILES string of the molecule is CCCCCOC(=O)CCCCCCCCC(=O)Oc1cc(Cl)c(Cl)cc1Cl. The Morgan fingerprint density at radius 1 is 0.750 bits per heavy atom. The molecule has 0 aliphatic heterocycles. The topological polar surface area (TPSA) is 52.6 Å². The molecule has 158 valence electrons. The van der Waals surface area contributed by atoms with Crippen molar-refractivity contribution in [2.45, 2.75) is 77.6 Å². The summed E-state index contributed by atoms with van der Waals surface area (Å²) in [5.41, 5.74) is 0. The van der Waals surface area contributed by atoms with Crippen LogP contribution in [0.4, 0.5) is 0 Å². The molecule has 0 unspecified atom stereocenters. The maximum Gasteiger partial charge on any atom is 0.311 e. The van der Waals surface area contributed by atoms with Gasteiger partial charge in [-0.2, -0.15) is 0 Å². The highest BCUT2D eigenvalue weighted by Gasteiger charge is 2.11. The van der Waals surface area contributed by atoms with Crippen molar-refractivity contribution < 1.29 is 19.1 Å². The Hall–Kier alpha value is -0.970. The molecular weight excluding hydrogens is 423 g/mol. The molecule has 7 heteroatoms. The highest BCUT2D eigenvalue weighted by atomic mass is 35.5. The van der Waals surface area contributed by atoms with Crippen LogP contribution >= 0.6 is 34.8 Å². The van der Waals surface area contributed by atoms with E-state index in [0.29, 0.717) is 29.5 Å². The molecule has 0 saturated carbocycles. The molecule has 0 heterocycles. The lowest BCUT2D eigenvalue weighted by Crippen LogP contribution is -2.08. The maximum absolute atomic E-state index is 11.9. The van der Waals surface area contributed by atoms with Crippen LogP contribution in [0.2, 0.25) is 15.1 Å². The molecule has 0 spiro atoms. The molecule has 0 amide bonds. The number of hydrogen-bond donors (Lipinski definition) is 0. The van der Waals surface area contributed by atoms with E-state index in [0.717, 1.165) is 57.8 Å². The Labute approximate surface area is 182 Å². The van der Waals surface area contributed by atoms with Crippen LogP contribution in [0.5, 0.6) is 5.75 Å². The van der Waals surface area contributed by atoms with Crippen molar-refractivity contribution in [3.8, 4) is 5.75 Å². The van der Waals surface area contributed by atoms with Gasteiger partial charge in [-0.25, -0.2) is 0 Å². The summed E-state index contributed by atoms with van der Waals surface area (Å²) in [5, 5.41) is 0.863. The van der Waals surface area contributed by atoms with Crippen LogP contribution in [0.15, 0.2) is 12.1 Å². The molecule has 0 aliphatic rings. The van der Waals surface area contributed by atoms with Crippen molar-refractivity contribution in [3.63, 3.8) is 0 Å². The molecule has 4 nitrogen and oxygen atoms in total. The number of hydrogen-bond acceptors (Lipinski definition) is 4. The lowest BCUT2D eigenvalue weighted by molar-refractivity contribution is -0.144. The zero-order valence-electron chi connectivity index (χ0n) is 16.4. The van der Waals surface area contributed by atoms with E-state index in [1.165, 1.54) is 12.1 Å². The number of unbranched alkanes of at least 4 members (excludes halogenated alkanes) is 7. The summed E-state index contributed by atoms with van der Waals surface area (Å²) in [6.07, 6.45) is 9.56. The maximum atomic E-state index is 11.9. The van der Waals surface area contributed by atoms with E-state index >= 15 is 0 Å². The largest absolute Gasteiger partial charge is 0.466 e. The summed E-state index contributed by atoms with van der Waals surface area (Å²) in [4.78, 5) is 23.4. The van der Waals surface area contributed by atoms with Gasteiger partial charge in [0.15, 0.2) is 5.75 Å². The van der Waals surface area contributed by atoms with Crippen LogP contribution in [-0.2, 0) is 14.3 Å². The van der Waals surface area contributed by atoms with Crippen LogP contribution in [-0.4, -0.2) is 18.5 Å². The van der Waals surface area contributed by atoms with E-state index in [1.54, 1.807) is 0 Å². The van der Waals surface area contributed by atoms with Gasteiger partial charge in [-0.05, 0) is 25.3 Å². The minimum atomic E-state index is -0.342. The van der Waals surface area contributed by atoms with Crippen molar-refractivity contribution in [1.82, 2.24) is 0 Å². The van der Waals surface area contributed by atoms with Crippen LogP contribution in [0.25, 0.3) is 0 Å². The predicted octanol–water partition coefficient (Wildman–Crippen LogP) is 7.41. The van der Waals surface area contributed by atoms with E-state index in [9.17, 15) is 9.59 Å². The fraction of sp³-hybridized carbons (Fsp3) is 0.619. The fourth-order valence-corrected chi connectivity index (χ4v) is 3.19. The van der Waals surface area contributed by atoms with Crippen LogP contribution in [0.3, 0.4) is 0 Å². The third-order valence-corrected chi connectivity index (χ3v) is 5.24. The number of carbonyl (C=O) groups is 2. The van der Waals surface area contributed by atoms with Gasteiger partial charge in [0, 0.05) is 18.9 Å². The molecule has 0 saturated heterocycles. The summed E-state index contributed by atoms with van der Waals surface area (Å²) in [7, 11) is 0. The summed E-state index contributed by atoms with van der Waals surface area (Å²) in [5.74, 6) is -0.214. The minimum absolute atomic E-state index is 0.0974. The quantitative estimate of drug-likeness (QED) is 0.128. The summed E-state index contributed by atoms with van der Waals surface area (Å²) in [6, 6.07) is 2.90. The zero-order chi connectivity index (χ0) is 20.8. The molecule has 28 heavy (non-hydrogen) atoms. The van der Waals surface area contributed by atoms with Gasteiger partial charge in [0.1, 0.15) is 0 Å². The first-order chi connectivity index (χ1) is 13.4. The normalized spacial score (nSPS) is 10.7. The van der Waals surface area contributed by atoms with E-state index in [4.69, 9.17) is 44.3 Å². The molecule has 0 aromatic heterocycles. The van der Waals surface area contributed by atoms with Gasteiger partial charge < -0.3 is 9.47 Å². The second-order valence-electron chi connectivity index (χ2n) is 6.72.